The summed E-state index contributed by atoms with van der Waals surface area (Å²) in [6, 6.07) is 9.25. The molecule has 0 amide bonds. The number of carbonyl (C=O) groups excluding carboxylic acids is 1. The van der Waals surface area contributed by atoms with Crippen molar-refractivity contribution in [1.82, 2.24) is 15.4 Å². The Morgan fingerprint density at radius 3 is 2.41 bits per heavy atom. The Morgan fingerprint density at radius 2 is 1.79 bits per heavy atom. The van der Waals surface area contributed by atoms with Crippen molar-refractivity contribution in [2.45, 2.75) is 6.92 Å². The fraction of sp³-hybridized carbons (Fsp3) is 0.118. The molecule has 29 heavy (non-hydrogen) atoms. The van der Waals surface area contributed by atoms with Crippen LogP contribution in [0.25, 0.3) is 11.3 Å². The van der Waals surface area contributed by atoms with Gasteiger partial charge in [0.05, 0.1) is 22.5 Å². The van der Waals surface area contributed by atoms with Crippen LogP contribution in [0.5, 0.6) is 11.5 Å². The normalized spacial score (nSPS) is 10.4. The first-order chi connectivity index (χ1) is 13.9. The summed E-state index contributed by atoms with van der Waals surface area (Å²) in [7, 11) is 0. The molecule has 0 aliphatic carbocycles. The first-order valence-electron chi connectivity index (χ1n) is 8.19. The molecule has 0 atom stereocenters. The SMILES string of the molecule is CCOC(=O)c1n[nH]nc1-c1ccc(Oc2ccc([N+](=O)[O-])cc2[N+](=O)[O-])cc1. The standard InChI is InChI=1S/C17H13N5O7/c1-2-28-17(23)16-15(18-20-19-16)10-3-6-12(7-4-10)29-14-8-5-11(21(24)25)9-13(14)22(26)27/h3-9H,2H2,1H3,(H,18,19,20). The van der Waals surface area contributed by atoms with Crippen LogP contribution in [0.2, 0.25) is 0 Å². The molecule has 0 aliphatic heterocycles. The molecule has 12 heteroatoms. The molecule has 0 fully saturated rings. The Kier molecular flexibility index (Phi) is 5.44. The van der Waals surface area contributed by atoms with Crippen LogP contribution in [0, 0.1) is 20.2 Å². The molecular formula is C17H13N5O7. The molecule has 0 radical (unpaired) electrons. The van der Waals surface area contributed by atoms with Crippen molar-refractivity contribution in [1.29, 1.82) is 0 Å². The lowest BCUT2D eigenvalue weighted by atomic mass is 10.1. The van der Waals surface area contributed by atoms with Crippen LogP contribution < -0.4 is 4.74 Å². The second kappa shape index (κ2) is 8.12. The van der Waals surface area contributed by atoms with E-state index in [1.807, 2.05) is 0 Å². The first-order valence-corrected chi connectivity index (χ1v) is 8.19. The van der Waals surface area contributed by atoms with Gasteiger partial charge in [-0.05, 0) is 37.3 Å². The number of hydrogen-bond acceptors (Lipinski definition) is 9. The van der Waals surface area contributed by atoms with Crippen molar-refractivity contribution in [3.8, 4) is 22.8 Å². The van der Waals surface area contributed by atoms with E-state index in [0.717, 1.165) is 18.2 Å². The summed E-state index contributed by atoms with van der Waals surface area (Å²) in [5, 5.41) is 32.1. The van der Waals surface area contributed by atoms with Gasteiger partial charge in [0.1, 0.15) is 11.4 Å². The van der Waals surface area contributed by atoms with E-state index in [-0.39, 0.29) is 29.5 Å². The number of aromatic amines is 1. The van der Waals surface area contributed by atoms with Gasteiger partial charge < -0.3 is 9.47 Å². The van der Waals surface area contributed by atoms with E-state index < -0.39 is 27.2 Å². The van der Waals surface area contributed by atoms with E-state index in [0.29, 0.717) is 5.56 Å². The van der Waals surface area contributed by atoms with Crippen LogP contribution in [0.3, 0.4) is 0 Å². The summed E-state index contributed by atoms with van der Waals surface area (Å²) in [6.45, 7) is 1.85. The summed E-state index contributed by atoms with van der Waals surface area (Å²) >= 11 is 0. The smallest absolute Gasteiger partial charge is 0.361 e. The summed E-state index contributed by atoms with van der Waals surface area (Å²) in [5.74, 6) is -0.535. The topological polar surface area (TPSA) is 163 Å². The molecule has 0 bridgehead atoms. The first kappa shape index (κ1) is 19.4. The minimum atomic E-state index is -0.766. The van der Waals surface area contributed by atoms with E-state index in [1.54, 1.807) is 19.1 Å². The summed E-state index contributed by atoms with van der Waals surface area (Å²) in [4.78, 5) is 32.4. The van der Waals surface area contributed by atoms with Crippen molar-refractivity contribution in [3.63, 3.8) is 0 Å². The van der Waals surface area contributed by atoms with Gasteiger partial charge in [-0.3, -0.25) is 20.2 Å². The van der Waals surface area contributed by atoms with Crippen LogP contribution in [0.4, 0.5) is 11.4 Å². The van der Waals surface area contributed by atoms with Gasteiger partial charge in [-0.2, -0.15) is 10.3 Å². The van der Waals surface area contributed by atoms with E-state index in [1.165, 1.54) is 12.1 Å². The zero-order valence-electron chi connectivity index (χ0n) is 14.9. The van der Waals surface area contributed by atoms with Crippen molar-refractivity contribution in [2.24, 2.45) is 0 Å². The zero-order valence-corrected chi connectivity index (χ0v) is 14.9. The summed E-state index contributed by atoms with van der Waals surface area (Å²) in [5.41, 5.74) is -0.128. The predicted octanol–water partition coefficient (Wildman–Crippen LogP) is 3.26. The third-order valence-electron chi connectivity index (χ3n) is 3.72. The van der Waals surface area contributed by atoms with Crippen molar-refractivity contribution < 1.29 is 24.1 Å². The quantitative estimate of drug-likeness (QED) is 0.356. The van der Waals surface area contributed by atoms with Gasteiger partial charge in [-0.1, -0.05) is 0 Å². The number of H-pyrrole nitrogens is 1. The third-order valence-corrected chi connectivity index (χ3v) is 3.72. The highest BCUT2D eigenvalue weighted by Gasteiger charge is 2.22. The van der Waals surface area contributed by atoms with Gasteiger partial charge in [0.15, 0.2) is 5.69 Å². The Morgan fingerprint density at radius 1 is 1.07 bits per heavy atom. The second-order valence-corrected chi connectivity index (χ2v) is 5.53. The average molecular weight is 399 g/mol. The second-order valence-electron chi connectivity index (χ2n) is 5.53. The minimum Gasteiger partial charge on any atom is -0.461 e. The van der Waals surface area contributed by atoms with Crippen molar-refractivity contribution >= 4 is 17.3 Å². The highest BCUT2D eigenvalue weighted by Crippen LogP contribution is 2.35. The molecule has 3 aromatic rings. The number of esters is 1. The monoisotopic (exact) mass is 399 g/mol. The number of nitro groups is 2. The molecule has 1 N–H and O–H groups in total. The number of nitrogens with zero attached hydrogens (tertiary/aromatic N) is 4. The van der Waals surface area contributed by atoms with Gasteiger partial charge in [0, 0.05) is 11.6 Å². The van der Waals surface area contributed by atoms with Gasteiger partial charge in [0.25, 0.3) is 5.69 Å². The molecular weight excluding hydrogens is 386 g/mol. The number of carbonyl (C=O) groups is 1. The number of aromatic nitrogens is 3. The van der Waals surface area contributed by atoms with E-state index in [9.17, 15) is 25.0 Å². The molecule has 0 aliphatic rings. The maximum absolute atomic E-state index is 11.9. The molecule has 148 valence electrons. The zero-order chi connectivity index (χ0) is 21.0. The Labute approximate surface area is 162 Å². The van der Waals surface area contributed by atoms with Crippen molar-refractivity contribution in [2.75, 3.05) is 6.61 Å². The highest BCUT2D eigenvalue weighted by atomic mass is 16.6. The molecule has 1 aromatic heterocycles. The predicted molar refractivity (Wildman–Crippen MR) is 97.6 cm³/mol. The number of nitro benzene ring substituents is 2. The van der Waals surface area contributed by atoms with Crippen LogP contribution in [0.15, 0.2) is 42.5 Å². The average Bonchev–Trinajstić information content (AvgIpc) is 3.18. The van der Waals surface area contributed by atoms with E-state index in [4.69, 9.17) is 9.47 Å². The molecule has 2 aromatic carbocycles. The lowest BCUT2D eigenvalue weighted by Crippen LogP contribution is -2.06. The van der Waals surface area contributed by atoms with Gasteiger partial charge >= 0.3 is 11.7 Å². The largest absolute Gasteiger partial charge is 0.461 e. The lowest BCUT2D eigenvalue weighted by Gasteiger charge is -2.07. The highest BCUT2D eigenvalue weighted by molar-refractivity contribution is 5.93. The molecule has 12 nitrogen and oxygen atoms in total. The minimum absolute atomic E-state index is 0.0199. The van der Waals surface area contributed by atoms with Gasteiger partial charge in [-0.15, -0.1) is 5.10 Å². The number of benzene rings is 2. The Bertz CT molecular complexity index is 1080. The molecule has 0 spiro atoms. The Balaban J connectivity index is 1.86. The maximum Gasteiger partial charge on any atom is 0.361 e. The fourth-order valence-electron chi connectivity index (χ4n) is 2.43. The molecule has 0 unspecified atom stereocenters. The van der Waals surface area contributed by atoms with Gasteiger partial charge in [0.2, 0.25) is 5.75 Å². The number of nitrogens with one attached hydrogen (secondary N) is 1. The Hall–Kier alpha value is -4.35. The molecule has 3 rings (SSSR count). The number of hydrogen-bond donors (Lipinski definition) is 1. The van der Waals surface area contributed by atoms with Crippen LogP contribution >= 0.6 is 0 Å². The van der Waals surface area contributed by atoms with Crippen LogP contribution in [-0.4, -0.2) is 37.8 Å². The molecule has 0 saturated carbocycles. The van der Waals surface area contributed by atoms with E-state index in [2.05, 4.69) is 15.4 Å². The molecule has 1 heterocycles. The van der Waals surface area contributed by atoms with Crippen LogP contribution in [-0.2, 0) is 4.74 Å². The third kappa shape index (κ3) is 4.16. The molecule has 0 saturated heterocycles. The summed E-state index contributed by atoms with van der Waals surface area (Å²) < 4.78 is 10.4. The van der Waals surface area contributed by atoms with Crippen LogP contribution in [0.1, 0.15) is 17.4 Å². The fourth-order valence-corrected chi connectivity index (χ4v) is 2.43. The number of ether oxygens (including phenoxy) is 2. The summed E-state index contributed by atoms with van der Waals surface area (Å²) in [6.07, 6.45) is 0. The van der Waals surface area contributed by atoms with Crippen molar-refractivity contribution in [3.05, 3.63) is 68.4 Å². The maximum atomic E-state index is 11.9. The van der Waals surface area contributed by atoms with Gasteiger partial charge in [-0.25, -0.2) is 4.79 Å². The number of rotatable bonds is 7. The number of non-ortho nitro benzene ring substituents is 1. The van der Waals surface area contributed by atoms with E-state index >= 15 is 0 Å². The lowest BCUT2D eigenvalue weighted by molar-refractivity contribution is -0.394.